The molecule has 3 aromatic rings. The third kappa shape index (κ3) is 4.51. The first-order valence-corrected chi connectivity index (χ1v) is 11.9. The second-order valence-corrected chi connectivity index (χ2v) is 9.86. The van der Waals surface area contributed by atoms with Gasteiger partial charge in [0.05, 0.1) is 6.04 Å². The Morgan fingerprint density at radius 3 is 2.52 bits per heavy atom. The molecule has 8 nitrogen and oxygen atoms in total. The van der Waals surface area contributed by atoms with Gasteiger partial charge >= 0.3 is 6.03 Å². The molecule has 2 saturated heterocycles. The quantitative estimate of drug-likeness (QED) is 0.564. The Balaban J connectivity index is 1.29. The highest BCUT2D eigenvalue weighted by Gasteiger charge is 2.43. The van der Waals surface area contributed by atoms with Crippen LogP contribution in [-0.2, 0) is 0 Å². The first kappa shape index (κ1) is 22.0. The molecule has 5 heterocycles. The van der Waals surface area contributed by atoms with Gasteiger partial charge in [0.15, 0.2) is 5.01 Å². The number of halogens is 2. The average molecular weight is 474 g/mol. The summed E-state index contributed by atoms with van der Waals surface area (Å²) in [6, 6.07) is 2.93. The molecule has 0 saturated carbocycles. The maximum absolute atomic E-state index is 13.1. The minimum atomic E-state index is -0.764. The van der Waals surface area contributed by atoms with E-state index >= 15 is 0 Å². The largest absolute Gasteiger partial charge is 0.323 e. The number of alkyl halides is 2. The number of piperidine rings is 1. The fourth-order valence-corrected chi connectivity index (χ4v) is 5.57. The average Bonchev–Trinajstić information content (AvgIpc) is 3.37. The lowest BCUT2D eigenvalue weighted by atomic mass is 9.97. The lowest BCUT2D eigenvalue weighted by molar-refractivity contribution is 0.133. The summed E-state index contributed by atoms with van der Waals surface area (Å²) in [5.74, 6) is 0.465. The zero-order valence-electron chi connectivity index (χ0n) is 18.2. The number of carbonyl (C=O) groups excluding carboxylic acids is 1. The molecule has 2 bridgehead atoms. The molecule has 3 atom stereocenters. The number of hydrogen-bond acceptors (Lipinski definition) is 7. The minimum Gasteiger partial charge on any atom is -0.318 e. The number of urea groups is 1. The van der Waals surface area contributed by atoms with Gasteiger partial charge in [0.2, 0.25) is 0 Å². The maximum Gasteiger partial charge on any atom is 0.323 e. The summed E-state index contributed by atoms with van der Waals surface area (Å²) in [7, 11) is 0. The molecule has 0 radical (unpaired) electrons. The Morgan fingerprint density at radius 1 is 1.12 bits per heavy atom. The normalized spacial score (nSPS) is 22.3. The van der Waals surface area contributed by atoms with Gasteiger partial charge in [0, 0.05) is 35.9 Å². The molecule has 2 N–H and O–H groups in total. The standard InChI is InChI=1S/C22H25F2N7OS/c1-12-29-30-21(33-12)19-4-13-5-20(26-11-14(13)10-25-19)28-22(32)31-17-2-3-18(31)7-15(6-17)27-16(8-23)9-24/h4-5,10-11,15-18,27H,2-3,6-9H2,1H3,(H,26,28,32)/t15-,17+,18-. The van der Waals surface area contributed by atoms with Gasteiger partial charge in [0.1, 0.15) is 29.9 Å². The number of fused-ring (bicyclic) bond motifs is 3. The first-order valence-electron chi connectivity index (χ1n) is 11.1. The molecule has 2 aliphatic rings. The number of nitrogens with one attached hydrogen (secondary N) is 2. The van der Waals surface area contributed by atoms with Crippen molar-refractivity contribution in [2.75, 3.05) is 18.7 Å². The van der Waals surface area contributed by atoms with E-state index in [1.54, 1.807) is 12.4 Å². The van der Waals surface area contributed by atoms with Gasteiger partial charge < -0.3 is 10.2 Å². The van der Waals surface area contributed by atoms with Crippen LogP contribution in [0.2, 0.25) is 0 Å². The number of aromatic nitrogens is 4. The zero-order valence-corrected chi connectivity index (χ0v) is 19.0. The molecule has 0 spiro atoms. The van der Waals surface area contributed by atoms with Crippen molar-refractivity contribution < 1.29 is 13.6 Å². The van der Waals surface area contributed by atoms with Crippen molar-refractivity contribution in [2.45, 2.75) is 56.8 Å². The number of rotatable bonds is 6. The lowest BCUT2D eigenvalue weighted by Gasteiger charge is -2.39. The summed E-state index contributed by atoms with van der Waals surface area (Å²) < 4.78 is 25.8. The van der Waals surface area contributed by atoms with Crippen LogP contribution in [0.1, 0.15) is 30.7 Å². The van der Waals surface area contributed by atoms with Gasteiger partial charge in [-0.3, -0.25) is 10.3 Å². The van der Waals surface area contributed by atoms with Crippen molar-refractivity contribution in [3.8, 4) is 10.7 Å². The van der Waals surface area contributed by atoms with Crippen LogP contribution in [0.5, 0.6) is 0 Å². The highest BCUT2D eigenvalue weighted by molar-refractivity contribution is 7.14. The fourth-order valence-electron chi connectivity index (χ4n) is 4.91. The van der Waals surface area contributed by atoms with Gasteiger partial charge in [-0.15, -0.1) is 10.2 Å². The summed E-state index contributed by atoms with van der Waals surface area (Å²) in [6.07, 6.45) is 6.61. The van der Waals surface area contributed by atoms with E-state index in [0.717, 1.165) is 39.3 Å². The second-order valence-electron chi connectivity index (χ2n) is 8.68. The summed E-state index contributed by atoms with van der Waals surface area (Å²) in [5.41, 5.74) is 0.726. The molecule has 3 aromatic heterocycles. The zero-order chi connectivity index (χ0) is 22.9. The smallest absolute Gasteiger partial charge is 0.318 e. The highest BCUT2D eigenvalue weighted by Crippen LogP contribution is 2.36. The Bertz CT molecular complexity index is 1140. The van der Waals surface area contributed by atoms with Crippen LogP contribution < -0.4 is 10.6 Å². The Hall–Kier alpha value is -2.79. The molecule has 33 heavy (non-hydrogen) atoms. The Labute approximate surface area is 193 Å². The monoisotopic (exact) mass is 473 g/mol. The van der Waals surface area contributed by atoms with Crippen LogP contribution in [-0.4, -0.2) is 68.6 Å². The van der Waals surface area contributed by atoms with Crippen molar-refractivity contribution >= 4 is 34.0 Å². The van der Waals surface area contributed by atoms with E-state index in [0.29, 0.717) is 18.7 Å². The molecule has 2 amide bonds. The van der Waals surface area contributed by atoms with Crippen LogP contribution in [0.3, 0.4) is 0 Å². The maximum atomic E-state index is 13.1. The third-order valence-electron chi connectivity index (χ3n) is 6.39. The number of hydrogen-bond donors (Lipinski definition) is 2. The summed E-state index contributed by atoms with van der Waals surface area (Å²) >= 11 is 1.47. The molecule has 0 aromatic carbocycles. The minimum absolute atomic E-state index is 0.0248. The van der Waals surface area contributed by atoms with Gasteiger partial charge in [-0.25, -0.2) is 18.6 Å². The van der Waals surface area contributed by atoms with Crippen LogP contribution in [0.4, 0.5) is 19.4 Å². The van der Waals surface area contributed by atoms with Crippen molar-refractivity contribution in [2.24, 2.45) is 0 Å². The molecule has 5 rings (SSSR count). The topological polar surface area (TPSA) is 95.9 Å². The van der Waals surface area contributed by atoms with E-state index in [4.69, 9.17) is 0 Å². The first-order chi connectivity index (χ1) is 16.0. The Morgan fingerprint density at radius 2 is 1.85 bits per heavy atom. The fraction of sp³-hybridized carbons (Fsp3) is 0.500. The van der Waals surface area contributed by atoms with Crippen molar-refractivity contribution in [1.29, 1.82) is 0 Å². The number of anilines is 1. The van der Waals surface area contributed by atoms with E-state index in [1.165, 1.54) is 11.3 Å². The predicted molar refractivity (Wildman–Crippen MR) is 123 cm³/mol. The van der Waals surface area contributed by atoms with Gasteiger partial charge in [-0.2, -0.15) is 0 Å². The van der Waals surface area contributed by atoms with Gasteiger partial charge in [-0.05, 0) is 50.1 Å². The molecular formula is C22H25F2N7OS. The van der Waals surface area contributed by atoms with Crippen molar-refractivity contribution in [3.63, 3.8) is 0 Å². The summed E-state index contributed by atoms with van der Waals surface area (Å²) in [6.45, 7) is 0.443. The lowest BCUT2D eigenvalue weighted by Crippen LogP contribution is -2.54. The predicted octanol–water partition coefficient (Wildman–Crippen LogP) is 3.88. The van der Waals surface area contributed by atoms with E-state index in [-0.39, 0.29) is 24.2 Å². The molecule has 174 valence electrons. The van der Waals surface area contributed by atoms with Crippen LogP contribution >= 0.6 is 11.3 Å². The van der Waals surface area contributed by atoms with Crippen LogP contribution in [0.15, 0.2) is 24.5 Å². The molecule has 2 fully saturated rings. The highest BCUT2D eigenvalue weighted by atomic mass is 32.1. The Kier molecular flexibility index (Phi) is 6.15. The molecule has 0 unspecified atom stereocenters. The van der Waals surface area contributed by atoms with Crippen LogP contribution in [0.25, 0.3) is 21.5 Å². The third-order valence-corrected chi connectivity index (χ3v) is 7.26. The molecular weight excluding hydrogens is 448 g/mol. The molecule has 11 heteroatoms. The van der Waals surface area contributed by atoms with Crippen molar-refractivity contribution in [1.82, 2.24) is 30.4 Å². The van der Waals surface area contributed by atoms with Crippen LogP contribution in [0, 0.1) is 6.92 Å². The molecule has 2 aliphatic heterocycles. The summed E-state index contributed by atoms with van der Waals surface area (Å²) in [4.78, 5) is 23.8. The SMILES string of the molecule is Cc1nnc(-c2cc3cc(NC(=O)N4[C@@H]5CC[C@H]4C[C@@H](NC(CF)CF)C5)ncc3cn2)s1. The number of aryl methyl sites for hydroxylation is 1. The number of nitrogens with zero attached hydrogens (tertiary/aromatic N) is 5. The van der Waals surface area contributed by atoms with E-state index in [9.17, 15) is 13.6 Å². The number of amides is 2. The van der Waals surface area contributed by atoms with E-state index in [2.05, 4.69) is 30.8 Å². The summed E-state index contributed by atoms with van der Waals surface area (Å²) in [5, 5.41) is 17.6. The second kappa shape index (κ2) is 9.22. The number of pyridine rings is 2. The van der Waals surface area contributed by atoms with Gasteiger partial charge in [-0.1, -0.05) is 11.3 Å². The molecule has 0 aliphatic carbocycles. The van der Waals surface area contributed by atoms with E-state index in [1.807, 2.05) is 24.0 Å². The van der Waals surface area contributed by atoms with E-state index < -0.39 is 19.4 Å². The number of carbonyl (C=O) groups is 1. The van der Waals surface area contributed by atoms with Crippen molar-refractivity contribution in [3.05, 3.63) is 29.5 Å². The van der Waals surface area contributed by atoms with Gasteiger partial charge in [0.25, 0.3) is 0 Å².